The lowest BCUT2D eigenvalue weighted by atomic mass is 10.1. The topological polar surface area (TPSA) is 155 Å². The zero-order valence-electron chi connectivity index (χ0n) is 46.1. The van der Waals surface area contributed by atoms with Crippen molar-refractivity contribution in [2.75, 3.05) is 26.4 Å². The Bertz CT molecular complexity index is 1440. The van der Waals surface area contributed by atoms with Crippen molar-refractivity contribution < 1.29 is 52.2 Å². The van der Waals surface area contributed by atoms with Crippen LogP contribution in [0.15, 0.2) is 60.8 Å². The monoisotopic (exact) mass is 1030 g/mol. The van der Waals surface area contributed by atoms with Crippen LogP contribution in [0.25, 0.3) is 0 Å². The SMILES string of the molecule is CCCC/C=C\CCCCCCCC(=O)OC(CO)COP(=O)(O)OCC(COC(=O)CCCCCCC/C=C\C/C=C\CCCCC)OC(=O)CCCCCCCCCCC/C=C\C/C=C\CCCCC. The minimum atomic E-state index is -4.75. The lowest BCUT2D eigenvalue weighted by molar-refractivity contribution is -0.161. The van der Waals surface area contributed by atoms with Crippen LogP contribution in [0.5, 0.6) is 0 Å². The maximum absolute atomic E-state index is 12.9. The third kappa shape index (κ3) is 52.1. The molecule has 12 heteroatoms. The van der Waals surface area contributed by atoms with Gasteiger partial charge in [0.1, 0.15) is 12.7 Å². The number of phosphoric ester groups is 1. The first-order chi connectivity index (χ1) is 35.2. The van der Waals surface area contributed by atoms with E-state index in [4.69, 9.17) is 23.3 Å². The van der Waals surface area contributed by atoms with Gasteiger partial charge in [-0.15, -0.1) is 0 Å². The highest BCUT2D eigenvalue weighted by Crippen LogP contribution is 2.43. The Balaban J connectivity index is 4.74. The summed E-state index contributed by atoms with van der Waals surface area (Å²) in [5, 5.41) is 9.79. The molecule has 0 aliphatic heterocycles. The number of ether oxygens (including phenoxy) is 3. The normalized spacial score (nSPS) is 13.8. The highest BCUT2D eigenvalue weighted by atomic mass is 31.2. The second kappa shape index (κ2) is 54.4. The van der Waals surface area contributed by atoms with Gasteiger partial charge in [0, 0.05) is 19.3 Å². The number of rotatable bonds is 54. The first-order valence-corrected chi connectivity index (χ1v) is 30.7. The van der Waals surface area contributed by atoms with Gasteiger partial charge in [-0.25, -0.2) is 4.57 Å². The van der Waals surface area contributed by atoms with Crippen LogP contribution in [0.2, 0.25) is 0 Å². The number of unbranched alkanes of at least 4 members (excludes halogenated alkanes) is 27. The van der Waals surface area contributed by atoms with Crippen LogP contribution in [0.4, 0.5) is 0 Å². The summed E-state index contributed by atoms with van der Waals surface area (Å²) in [6, 6.07) is 0. The summed E-state index contributed by atoms with van der Waals surface area (Å²) >= 11 is 0. The third-order valence-electron chi connectivity index (χ3n) is 12.4. The number of aliphatic hydroxyl groups is 1. The number of carbonyl (C=O) groups excluding carboxylic acids is 3. The molecule has 418 valence electrons. The zero-order valence-corrected chi connectivity index (χ0v) is 47.0. The molecule has 0 aromatic carbocycles. The second-order valence-electron chi connectivity index (χ2n) is 19.4. The molecule has 0 aromatic heterocycles. The minimum Gasteiger partial charge on any atom is -0.462 e. The first-order valence-electron chi connectivity index (χ1n) is 29.2. The fraction of sp³-hybridized carbons (Fsp3) is 0.783. The molecule has 0 heterocycles. The first kappa shape index (κ1) is 69.2. The molecule has 11 nitrogen and oxygen atoms in total. The maximum atomic E-state index is 12.9. The van der Waals surface area contributed by atoms with Crippen LogP contribution in [0, 0.1) is 0 Å². The van der Waals surface area contributed by atoms with Gasteiger partial charge >= 0.3 is 25.7 Å². The van der Waals surface area contributed by atoms with E-state index >= 15 is 0 Å². The van der Waals surface area contributed by atoms with Gasteiger partial charge in [-0.2, -0.15) is 0 Å². The average molecular weight is 1040 g/mol. The summed E-state index contributed by atoms with van der Waals surface area (Å²) in [5.41, 5.74) is 0. The van der Waals surface area contributed by atoms with Gasteiger partial charge in [-0.1, -0.05) is 204 Å². The lowest BCUT2D eigenvalue weighted by Crippen LogP contribution is -2.30. The van der Waals surface area contributed by atoms with Gasteiger partial charge in [0.25, 0.3) is 0 Å². The predicted octanol–water partition coefficient (Wildman–Crippen LogP) is 17.1. The number of esters is 3. The molecule has 0 bridgehead atoms. The third-order valence-corrected chi connectivity index (χ3v) is 13.3. The van der Waals surface area contributed by atoms with E-state index in [1.807, 2.05) is 0 Å². The van der Waals surface area contributed by atoms with Gasteiger partial charge in [-0.3, -0.25) is 23.4 Å². The average Bonchev–Trinajstić information content (AvgIpc) is 3.37. The van der Waals surface area contributed by atoms with Crippen LogP contribution in [-0.2, 0) is 42.2 Å². The van der Waals surface area contributed by atoms with Crippen molar-refractivity contribution in [2.45, 2.75) is 277 Å². The lowest BCUT2D eigenvalue weighted by Gasteiger charge is -2.21. The summed E-state index contributed by atoms with van der Waals surface area (Å²) in [4.78, 5) is 48.5. The molecule has 3 atom stereocenters. The van der Waals surface area contributed by atoms with Crippen molar-refractivity contribution in [3.8, 4) is 0 Å². The van der Waals surface area contributed by atoms with Crippen molar-refractivity contribution >= 4 is 25.7 Å². The molecule has 0 aliphatic rings. The van der Waals surface area contributed by atoms with E-state index < -0.39 is 57.8 Å². The molecule has 0 aromatic rings. The summed E-state index contributed by atoms with van der Waals surface area (Å²) in [6.07, 6.45) is 58.9. The molecular formula is C60H107O11P. The Morgan fingerprint density at radius 3 is 1.08 bits per heavy atom. The molecule has 72 heavy (non-hydrogen) atoms. The van der Waals surface area contributed by atoms with Crippen LogP contribution in [-0.4, -0.2) is 66.5 Å². The van der Waals surface area contributed by atoms with E-state index in [2.05, 4.69) is 81.5 Å². The standard InChI is InChI=1S/C60H107O11P/c1-4-7-10-13-16-19-22-24-26-27-28-29-31-33-36-39-42-45-48-51-60(64)71-57(53-67-58(62)49-46-43-40-37-35-32-30-25-23-20-17-14-11-8-5-2)55-69-72(65,66)68-54-56(52-61)70-59(63)50-47-44-41-38-34-21-18-15-12-9-6-3/h15-20,24-26,30,56-57,61H,4-14,21-23,27-29,31-55H2,1-3H3,(H,65,66)/b18-15-,19-16-,20-17-,26-24-,30-25-. The molecular weight excluding hydrogens is 928 g/mol. The van der Waals surface area contributed by atoms with Gasteiger partial charge in [0.2, 0.25) is 0 Å². The molecule has 3 unspecified atom stereocenters. The van der Waals surface area contributed by atoms with Crippen molar-refractivity contribution in [2.24, 2.45) is 0 Å². The van der Waals surface area contributed by atoms with E-state index in [0.29, 0.717) is 19.3 Å². The summed E-state index contributed by atoms with van der Waals surface area (Å²) < 4.78 is 39.5. The molecule has 2 N–H and O–H groups in total. The molecule has 0 amide bonds. The van der Waals surface area contributed by atoms with Crippen LogP contribution in [0.1, 0.15) is 265 Å². The van der Waals surface area contributed by atoms with Gasteiger partial charge < -0.3 is 24.2 Å². The zero-order chi connectivity index (χ0) is 52.7. The predicted molar refractivity (Wildman–Crippen MR) is 298 cm³/mol. The second-order valence-corrected chi connectivity index (χ2v) is 20.9. The Morgan fingerprint density at radius 1 is 0.389 bits per heavy atom. The molecule has 0 radical (unpaired) electrons. The van der Waals surface area contributed by atoms with Crippen molar-refractivity contribution in [3.05, 3.63) is 60.8 Å². The number of carbonyl (C=O) groups is 3. The van der Waals surface area contributed by atoms with Crippen LogP contribution in [0.3, 0.4) is 0 Å². The van der Waals surface area contributed by atoms with Crippen LogP contribution >= 0.6 is 7.82 Å². The quantitative estimate of drug-likeness (QED) is 0.0197. The Labute approximate surface area is 440 Å². The smallest absolute Gasteiger partial charge is 0.462 e. The minimum absolute atomic E-state index is 0.159. The largest absolute Gasteiger partial charge is 0.472 e. The van der Waals surface area contributed by atoms with E-state index in [0.717, 1.165) is 116 Å². The Kier molecular flexibility index (Phi) is 52.3. The summed E-state index contributed by atoms with van der Waals surface area (Å²) in [5.74, 6) is -1.49. The highest BCUT2D eigenvalue weighted by molar-refractivity contribution is 7.47. The number of aliphatic hydroxyl groups excluding tert-OH is 1. The Morgan fingerprint density at radius 2 is 0.694 bits per heavy atom. The van der Waals surface area contributed by atoms with Crippen molar-refractivity contribution in [1.82, 2.24) is 0 Å². The van der Waals surface area contributed by atoms with E-state index in [1.54, 1.807) is 0 Å². The van der Waals surface area contributed by atoms with Crippen molar-refractivity contribution in [3.63, 3.8) is 0 Å². The fourth-order valence-corrected chi connectivity index (χ4v) is 8.65. The maximum Gasteiger partial charge on any atom is 0.472 e. The summed E-state index contributed by atoms with van der Waals surface area (Å²) in [7, 11) is -4.75. The van der Waals surface area contributed by atoms with E-state index in [9.17, 15) is 28.9 Å². The molecule has 0 fully saturated rings. The van der Waals surface area contributed by atoms with Gasteiger partial charge in [-0.05, 0) is 103 Å². The molecule has 0 saturated heterocycles. The highest BCUT2D eigenvalue weighted by Gasteiger charge is 2.28. The summed E-state index contributed by atoms with van der Waals surface area (Å²) in [6.45, 7) is 4.54. The van der Waals surface area contributed by atoms with E-state index in [1.165, 1.54) is 89.9 Å². The molecule has 0 aliphatic carbocycles. The van der Waals surface area contributed by atoms with Gasteiger partial charge in [0.05, 0.1) is 19.8 Å². The number of phosphoric acid groups is 1. The number of hydrogen-bond acceptors (Lipinski definition) is 10. The van der Waals surface area contributed by atoms with Gasteiger partial charge in [0.15, 0.2) is 6.10 Å². The molecule has 0 spiro atoms. The molecule has 0 saturated carbocycles. The van der Waals surface area contributed by atoms with E-state index in [-0.39, 0.29) is 25.9 Å². The van der Waals surface area contributed by atoms with Crippen LogP contribution < -0.4 is 0 Å². The molecule has 0 rings (SSSR count). The number of allylic oxidation sites excluding steroid dienone is 10. The fourth-order valence-electron chi connectivity index (χ4n) is 7.87. The Hall–Kier alpha value is -2.82. The number of hydrogen-bond donors (Lipinski definition) is 2. The van der Waals surface area contributed by atoms with Crippen molar-refractivity contribution in [1.29, 1.82) is 0 Å².